The topological polar surface area (TPSA) is 131 Å². The molecule has 0 aliphatic carbocycles. The molecule has 32 heavy (non-hydrogen) atoms. The third kappa shape index (κ3) is 5.91. The van der Waals surface area contributed by atoms with Crippen molar-refractivity contribution >= 4 is 23.6 Å². The Morgan fingerprint density at radius 2 is 1.78 bits per heavy atom. The van der Waals surface area contributed by atoms with Crippen molar-refractivity contribution in [1.29, 1.82) is 0 Å². The number of nitrogen functional groups attached to an aromatic ring is 1. The third-order valence-electron chi connectivity index (χ3n) is 4.23. The zero-order chi connectivity index (χ0) is 23.8. The quantitative estimate of drug-likeness (QED) is 0.289. The fourth-order valence-electron chi connectivity index (χ4n) is 2.66. The van der Waals surface area contributed by atoms with E-state index < -0.39 is 11.9 Å². The minimum atomic E-state index is -0.611. The number of carbonyl (C=O) groups excluding carboxylic acids is 3. The summed E-state index contributed by atoms with van der Waals surface area (Å²) in [6, 6.07) is 6.77. The summed E-state index contributed by atoms with van der Waals surface area (Å²) in [7, 11) is 6.15. The molecule has 10 nitrogen and oxygen atoms in total. The second kappa shape index (κ2) is 10.7. The van der Waals surface area contributed by atoms with Gasteiger partial charge < -0.3 is 15.4 Å². The smallest absolute Gasteiger partial charge is 0.339 e. The number of esters is 1. The Morgan fingerprint density at radius 3 is 2.34 bits per heavy atom. The SMILES string of the molecule is C/C=C\C(=C/N(C)NC(=O)c1nc(-c2ccc(C(=O)N(C)C)cc2)cnc1N)C(=O)OC. The number of hydrogen-bond acceptors (Lipinski definition) is 8. The second-order valence-corrected chi connectivity index (χ2v) is 6.89. The van der Waals surface area contributed by atoms with E-state index in [2.05, 4.69) is 15.4 Å². The first-order chi connectivity index (χ1) is 15.2. The monoisotopic (exact) mass is 438 g/mol. The maximum atomic E-state index is 12.7. The molecule has 2 rings (SSSR count). The standard InChI is InChI=1S/C22H26N6O4/c1-6-7-16(22(31)32-5)13-28(4)26-20(29)18-19(23)24-12-17(25-18)14-8-10-15(11-9-14)21(30)27(2)3/h6-13H,1-5H3,(H2,23,24)(H,26,29)/b7-6-,16-13+. The average Bonchev–Trinajstić information content (AvgIpc) is 2.78. The highest BCUT2D eigenvalue weighted by atomic mass is 16.5. The van der Waals surface area contributed by atoms with Gasteiger partial charge >= 0.3 is 5.97 Å². The van der Waals surface area contributed by atoms with E-state index in [9.17, 15) is 14.4 Å². The zero-order valence-corrected chi connectivity index (χ0v) is 18.6. The third-order valence-corrected chi connectivity index (χ3v) is 4.23. The number of rotatable bonds is 7. The van der Waals surface area contributed by atoms with Crippen LogP contribution in [0.1, 0.15) is 27.8 Å². The van der Waals surface area contributed by atoms with Crippen molar-refractivity contribution < 1.29 is 19.1 Å². The Morgan fingerprint density at radius 1 is 1.12 bits per heavy atom. The van der Waals surface area contributed by atoms with Crippen LogP contribution in [0.3, 0.4) is 0 Å². The molecule has 3 N–H and O–H groups in total. The van der Waals surface area contributed by atoms with Crippen molar-refractivity contribution in [2.45, 2.75) is 6.92 Å². The molecular weight excluding hydrogens is 412 g/mol. The molecule has 1 heterocycles. The summed E-state index contributed by atoms with van der Waals surface area (Å²) >= 11 is 0. The van der Waals surface area contributed by atoms with Crippen LogP contribution in [0.2, 0.25) is 0 Å². The first kappa shape index (κ1) is 24.1. The maximum absolute atomic E-state index is 12.7. The van der Waals surface area contributed by atoms with Gasteiger partial charge in [0.25, 0.3) is 11.8 Å². The molecule has 0 fully saturated rings. The number of methoxy groups -OCH3 is 1. The van der Waals surface area contributed by atoms with Gasteiger partial charge in [-0.3, -0.25) is 20.0 Å². The highest BCUT2D eigenvalue weighted by Gasteiger charge is 2.17. The molecule has 0 saturated heterocycles. The lowest BCUT2D eigenvalue weighted by atomic mass is 10.1. The summed E-state index contributed by atoms with van der Waals surface area (Å²) in [6.07, 6.45) is 6.06. The van der Waals surface area contributed by atoms with Gasteiger partial charge in [-0.1, -0.05) is 24.3 Å². The molecule has 0 aliphatic rings. The predicted molar refractivity (Wildman–Crippen MR) is 120 cm³/mol. The van der Waals surface area contributed by atoms with E-state index in [0.717, 1.165) is 0 Å². The second-order valence-electron chi connectivity index (χ2n) is 6.89. The van der Waals surface area contributed by atoms with E-state index in [1.165, 1.54) is 36.5 Å². The summed E-state index contributed by atoms with van der Waals surface area (Å²) in [5.74, 6) is -1.34. The number of hydrazine groups is 1. The Labute approximate surface area is 186 Å². The molecule has 0 saturated carbocycles. The Kier molecular flexibility index (Phi) is 8.05. The zero-order valence-electron chi connectivity index (χ0n) is 18.6. The van der Waals surface area contributed by atoms with Crippen LogP contribution in [0.15, 0.2) is 54.4 Å². The van der Waals surface area contributed by atoms with Crippen LogP contribution in [0.4, 0.5) is 5.82 Å². The number of amides is 2. The van der Waals surface area contributed by atoms with Crippen LogP contribution >= 0.6 is 0 Å². The molecule has 0 spiro atoms. The molecule has 168 valence electrons. The largest absolute Gasteiger partial charge is 0.465 e. The lowest BCUT2D eigenvalue weighted by molar-refractivity contribution is -0.135. The summed E-state index contributed by atoms with van der Waals surface area (Å²) in [4.78, 5) is 46.4. The lowest BCUT2D eigenvalue weighted by Gasteiger charge is -2.17. The van der Waals surface area contributed by atoms with Gasteiger partial charge in [0.15, 0.2) is 11.5 Å². The number of benzene rings is 1. The summed E-state index contributed by atoms with van der Waals surface area (Å²) in [6.45, 7) is 1.75. The van der Waals surface area contributed by atoms with E-state index in [1.807, 2.05) is 0 Å². The Hall–Kier alpha value is -4.21. The van der Waals surface area contributed by atoms with Gasteiger partial charge in [-0.25, -0.2) is 14.8 Å². The van der Waals surface area contributed by atoms with Crippen LogP contribution in [0, 0.1) is 0 Å². The number of aromatic nitrogens is 2. The number of hydrogen-bond donors (Lipinski definition) is 2. The molecule has 0 atom stereocenters. The van der Waals surface area contributed by atoms with E-state index in [4.69, 9.17) is 10.5 Å². The first-order valence-electron chi connectivity index (χ1n) is 9.59. The van der Waals surface area contributed by atoms with E-state index in [0.29, 0.717) is 16.8 Å². The summed E-state index contributed by atoms with van der Waals surface area (Å²) in [5, 5.41) is 1.30. The van der Waals surface area contributed by atoms with Gasteiger partial charge in [-0.2, -0.15) is 0 Å². The van der Waals surface area contributed by atoms with Gasteiger partial charge in [0.05, 0.1) is 24.6 Å². The number of nitrogens with zero attached hydrogens (tertiary/aromatic N) is 4. The van der Waals surface area contributed by atoms with Gasteiger partial charge in [0.2, 0.25) is 0 Å². The van der Waals surface area contributed by atoms with Crippen LogP contribution in [0.25, 0.3) is 11.3 Å². The van der Waals surface area contributed by atoms with E-state index in [1.54, 1.807) is 57.4 Å². The lowest BCUT2D eigenvalue weighted by Crippen LogP contribution is -2.37. The highest BCUT2D eigenvalue weighted by molar-refractivity contribution is 5.97. The predicted octanol–water partition coefficient (Wildman–Crippen LogP) is 1.64. The fourth-order valence-corrected chi connectivity index (χ4v) is 2.66. The van der Waals surface area contributed by atoms with Crippen LogP contribution in [-0.4, -0.2) is 65.9 Å². The number of carbonyl (C=O) groups is 3. The fraction of sp³-hybridized carbons (Fsp3) is 0.227. The van der Waals surface area contributed by atoms with Crippen molar-refractivity contribution in [2.24, 2.45) is 0 Å². The van der Waals surface area contributed by atoms with Crippen molar-refractivity contribution in [3.63, 3.8) is 0 Å². The van der Waals surface area contributed by atoms with Crippen molar-refractivity contribution in [1.82, 2.24) is 25.3 Å². The Balaban J connectivity index is 2.26. The van der Waals surface area contributed by atoms with Crippen LogP contribution in [-0.2, 0) is 9.53 Å². The van der Waals surface area contributed by atoms with Gasteiger partial charge in [0.1, 0.15) is 0 Å². The highest BCUT2D eigenvalue weighted by Crippen LogP contribution is 2.19. The molecule has 0 radical (unpaired) electrons. The molecule has 0 unspecified atom stereocenters. The minimum absolute atomic E-state index is 0.0512. The molecule has 2 amide bonds. The van der Waals surface area contributed by atoms with Gasteiger partial charge in [-0.15, -0.1) is 0 Å². The first-order valence-corrected chi connectivity index (χ1v) is 9.59. The molecule has 0 bridgehead atoms. The van der Waals surface area contributed by atoms with Crippen LogP contribution < -0.4 is 11.2 Å². The molecule has 0 aliphatic heterocycles. The molecular formula is C22H26N6O4. The van der Waals surface area contributed by atoms with Crippen molar-refractivity contribution in [3.05, 3.63) is 65.6 Å². The number of nitrogens with one attached hydrogen (secondary N) is 1. The van der Waals surface area contributed by atoms with E-state index >= 15 is 0 Å². The number of ether oxygens (including phenoxy) is 1. The summed E-state index contributed by atoms with van der Waals surface area (Å²) < 4.78 is 4.71. The average molecular weight is 438 g/mol. The van der Waals surface area contributed by atoms with Crippen molar-refractivity contribution in [3.8, 4) is 11.3 Å². The molecule has 10 heteroatoms. The van der Waals surface area contributed by atoms with Gasteiger partial charge in [0, 0.05) is 38.5 Å². The molecule has 1 aromatic carbocycles. The van der Waals surface area contributed by atoms with Gasteiger partial charge in [-0.05, 0) is 19.1 Å². The maximum Gasteiger partial charge on any atom is 0.339 e. The van der Waals surface area contributed by atoms with Crippen molar-refractivity contribution in [2.75, 3.05) is 34.0 Å². The molecule has 1 aromatic heterocycles. The van der Waals surface area contributed by atoms with Crippen LogP contribution in [0.5, 0.6) is 0 Å². The summed E-state index contributed by atoms with van der Waals surface area (Å²) in [5.41, 5.74) is 10.2. The Bertz CT molecular complexity index is 1060. The number of anilines is 1. The number of nitrogens with two attached hydrogens (primary N) is 1. The molecule has 2 aromatic rings. The number of allylic oxidation sites excluding steroid dienone is 1. The van der Waals surface area contributed by atoms with E-state index in [-0.39, 0.29) is 23.0 Å². The normalized spacial score (nSPS) is 11.2. The minimum Gasteiger partial charge on any atom is -0.465 e.